The van der Waals surface area contributed by atoms with Crippen LogP contribution in [0.3, 0.4) is 0 Å². The van der Waals surface area contributed by atoms with E-state index in [1.807, 2.05) is 31.2 Å². The summed E-state index contributed by atoms with van der Waals surface area (Å²) in [6.45, 7) is 5.08. The van der Waals surface area contributed by atoms with Gasteiger partial charge in [-0.15, -0.1) is 0 Å². The number of aromatic nitrogens is 2. The van der Waals surface area contributed by atoms with Crippen LogP contribution in [0, 0.1) is 6.92 Å². The zero-order valence-electron chi connectivity index (χ0n) is 19.4. The summed E-state index contributed by atoms with van der Waals surface area (Å²) < 4.78 is 6.88. The lowest BCUT2D eigenvalue weighted by Crippen LogP contribution is -2.36. The van der Waals surface area contributed by atoms with Crippen LogP contribution in [0.15, 0.2) is 53.6 Å². The maximum atomic E-state index is 12.7. The van der Waals surface area contributed by atoms with Crippen LogP contribution in [0.2, 0.25) is 0 Å². The normalized spacial score (nSPS) is 15.0. The Morgan fingerprint density at radius 2 is 1.91 bits per heavy atom. The van der Waals surface area contributed by atoms with E-state index >= 15 is 0 Å². The van der Waals surface area contributed by atoms with Crippen molar-refractivity contribution in [3.8, 4) is 5.75 Å². The highest BCUT2D eigenvalue weighted by molar-refractivity contribution is 5.80. The third kappa shape index (κ3) is 5.42. The highest BCUT2D eigenvalue weighted by Gasteiger charge is 2.24. The molecule has 7 nitrogen and oxygen atoms in total. The molecular formula is C26H32N4O3. The fraction of sp³-hybridized carbons (Fsp3) is 0.423. The topological polar surface area (TPSA) is 76.5 Å². The molecule has 1 aromatic heterocycles. The van der Waals surface area contributed by atoms with Crippen molar-refractivity contribution in [2.75, 3.05) is 26.7 Å². The first-order valence-electron chi connectivity index (χ1n) is 11.7. The molecule has 0 spiro atoms. The van der Waals surface area contributed by atoms with Gasteiger partial charge in [0.1, 0.15) is 5.75 Å². The molecule has 0 aliphatic carbocycles. The fourth-order valence-electron chi connectivity index (χ4n) is 4.54. The first kappa shape index (κ1) is 23.0. The second-order valence-electron chi connectivity index (χ2n) is 8.65. The number of methoxy groups -OCH3 is 1. The number of carbonyl (C=O) groups excluding carboxylic acids is 1. The molecule has 0 radical (unpaired) electrons. The third-order valence-corrected chi connectivity index (χ3v) is 6.43. The van der Waals surface area contributed by atoms with Crippen LogP contribution in [0.4, 0.5) is 0 Å². The number of nitrogens with one attached hydrogen (secondary N) is 1. The molecule has 1 aliphatic rings. The molecule has 0 saturated carbocycles. The number of aryl methyl sites for hydroxylation is 2. The number of hydrogen-bond donors (Lipinski definition) is 1. The van der Waals surface area contributed by atoms with E-state index in [0.717, 1.165) is 29.9 Å². The quantitative estimate of drug-likeness (QED) is 0.543. The van der Waals surface area contributed by atoms with Gasteiger partial charge in [-0.3, -0.25) is 19.1 Å². The second-order valence-corrected chi connectivity index (χ2v) is 8.65. The van der Waals surface area contributed by atoms with Crippen LogP contribution in [-0.2, 0) is 11.3 Å². The Labute approximate surface area is 194 Å². The predicted molar refractivity (Wildman–Crippen MR) is 130 cm³/mol. The van der Waals surface area contributed by atoms with Crippen LogP contribution in [-0.4, -0.2) is 47.1 Å². The molecular weight excluding hydrogens is 416 g/mol. The van der Waals surface area contributed by atoms with Gasteiger partial charge < -0.3 is 10.1 Å². The Balaban J connectivity index is 1.33. The van der Waals surface area contributed by atoms with Crippen LogP contribution in [0.5, 0.6) is 5.75 Å². The minimum absolute atomic E-state index is 0.00495. The number of fused-ring (bicyclic) bond motifs is 1. The number of nitrogens with zero attached hydrogens (tertiary/aromatic N) is 3. The van der Waals surface area contributed by atoms with E-state index < -0.39 is 0 Å². The zero-order chi connectivity index (χ0) is 23.2. The van der Waals surface area contributed by atoms with Crippen molar-refractivity contribution >= 4 is 16.8 Å². The summed E-state index contributed by atoms with van der Waals surface area (Å²) in [5.41, 5.74) is 2.85. The summed E-state index contributed by atoms with van der Waals surface area (Å²) in [7, 11) is 1.66. The number of likely N-dealkylation sites (tertiary alicyclic amines) is 1. The molecule has 1 N–H and O–H groups in total. The van der Waals surface area contributed by atoms with Crippen LogP contribution < -0.4 is 15.6 Å². The van der Waals surface area contributed by atoms with Crippen molar-refractivity contribution in [2.45, 2.75) is 45.2 Å². The Morgan fingerprint density at radius 3 is 2.64 bits per heavy atom. The number of benzene rings is 2. The standard InChI is InChI=1S/C26H32N4O3/c1-19-7-5-8-22-25(19)28-18-30(26(22)32)16-6-9-24(31)27-17-23(29-14-3-4-15-29)20-10-12-21(33-2)13-11-20/h5,7-8,10-13,18,23H,3-4,6,9,14-17H2,1-2H3,(H,27,31)/t23-/m0/s1. The maximum Gasteiger partial charge on any atom is 0.261 e. The van der Waals surface area contributed by atoms with E-state index in [9.17, 15) is 9.59 Å². The average molecular weight is 449 g/mol. The summed E-state index contributed by atoms with van der Waals surface area (Å²) >= 11 is 0. The number of amides is 1. The Kier molecular flexibility index (Phi) is 7.40. The smallest absolute Gasteiger partial charge is 0.261 e. The molecule has 7 heteroatoms. The van der Waals surface area contributed by atoms with Gasteiger partial charge >= 0.3 is 0 Å². The third-order valence-electron chi connectivity index (χ3n) is 6.43. The summed E-state index contributed by atoms with van der Waals surface area (Å²) in [6, 6.07) is 13.9. The molecule has 1 aliphatic heterocycles. The molecule has 4 rings (SSSR count). The predicted octanol–water partition coefficient (Wildman–Crippen LogP) is 3.45. The number of ether oxygens (including phenoxy) is 1. The van der Waals surface area contributed by atoms with Gasteiger partial charge in [0, 0.05) is 19.5 Å². The average Bonchev–Trinajstić information content (AvgIpc) is 3.36. The molecule has 3 aromatic rings. The number of carbonyl (C=O) groups is 1. The van der Waals surface area contributed by atoms with Crippen LogP contribution in [0.25, 0.3) is 10.9 Å². The number of para-hydroxylation sites is 1. The fourth-order valence-corrected chi connectivity index (χ4v) is 4.54. The molecule has 2 aromatic carbocycles. The molecule has 33 heavy (non-hydrogen) atoms. The highest BCUT2D eigenvalue weighted by atomic mass is 16.5. The summed E-state index contributed by atoms with van der Waals surface area (Å²) in [5, 5.41) is 3.73. The van der Waals surface area contributed by atoms with Crippen LogP contribution in [0.1, 0.15) is 42.9 Å². The molecule has 174 valence electrons. The second kappa shape index (κ2) is 10.6. The van der Waals surface area contributed by atoms with E-state index in [1.54, 1.807) is 24.1 Å². The first-order valence-corrected chi connectivity index (χ1v) is 11.7. The van der Waals surface area contributed by atoms with Crippen molar-refractivity contribution in [2.24, 2.45) is 0 Å². The lowest BCUT2D eigenvalue weighted by atomic mass is 10.1. The van der Waals surface area contributed by atoms with Gasteiger partial charge in [-0.25, -0.2) is 4.98 Å². The van der Waals surface area contributed by atoms with Gasteiger partial charge in [0.25, 0.3) is 5.56 Å². The van der Waals surface area contributed by atoms with E-state index in [0.29, 0.717) is 31.3 Å². The van der Waals surface area contributed by atoms with E-state index in [-0.39, 0.29) is 17.5 Å². The SMILES string of the molecule is COc1ccc([C@H](CNC(=O)CCCn2cnc3c(C)cccc3c2=O)N2CCCC2)cc1. The van der Waals surface area contributed by atoms with Crippen molar-refractivity contribution in [1.29, 1.82) is 0 Å². The van der Waals surface area contributed by atoms with Gasteiger partial charge in [-0.05, 0) is 68.6 Å². The molecule has 1 fully saturated rings. The van der Waals surface area contributed by atoms with E-state index in [4.69, 9.17) is 4.74 Å². The summed E-state index contributed by atoms with van der Waals surface area (Å²) in [5.74, 6) is 0.835. The lowest BCUT2D eigenvalue weighted by molar-refractivity contribution is -0.121. The van der Waals surface area contributed by atoms with Gasteiger partial charge in [0.2, 0.25) is 5.91 Å². The van der Waals surface area contributed by atoms with E-state index in [1.165, 1.54) is 18.4 Å². The Morgan fingerprint density at radius 1 is 1.15 bits per heavy atom. The van der Waals surface area contributed by atoms with Crippen molar-refractivity contribution in [1.82, 2.24) is 19.8 Å². The van der Waals surface area contributed by atoms with Gasteiger partial charge in [-0.1, -0.05) is 24.3 Å². The van der Waals surface area contributed by atoms with E-state index in [2.05, 4.69) is 27.3 Å². The van der Waals surface area contributed by atoms with Crippen LogP contribution >= 0.6 is 0 Å². The molecule has 0 bridgehead atoms. The summed E-state index contributed by atoms with van der Waals surface area (Å²) in [4.78, 5) is 32.2. The van der Waals surface area contributed by atoms with Crippen molar-refractivity contribution in [3.63, 3.8) is 0 Å². The van der Waals surface area contributed by atoms with Gasteiger partial charge in [0.15, 0.2) is 0 Å². The first-order chi connectivity index (χ1) is 16.1. The van der Waals surface area contributed by atoms with Gasteiger partial charge in [-0.2, -0.15) is 0 Å². The minimum Gasteiger partial charge on any atom is -0.497 e. The minimum atomic E-state index is -0.0577. The molecule has 0 unspecified atom stereocenters. The number of hydrogen-bond acceptors (Lipinski definition) is 5. The zero-order valence-corrected chi connectivity index (χ0v) is 19.4. The maximum absolute atomic E-state index is 12.7. The molecule has 2 heterocycles. The highest BCUT2D eigenvalue weighted by Crippen LogP contribution is 2.26. The Bertz CT molecular complexity index is 1150. The monoisotopic (exact) mass is 448 g/mol. The molecule has 1 amide bonds. The van der Waals surface area contributed by atoms with Crippen molar-refractivity contribution < 1.29 is 9.53 Å². The Hall–Kier alpha value is -3.19. The lowest BCUT2D eigenvalue weighted by Gasteiger charge is -2.28. The summed E-state index contributed by atoms with van der Waals surface area (Å²) in [6.07, 6.45) is 4.92. The van der Waals surface area contributed by atoms with Crippen molar-refractivity contribution in [3.05, 3.63) is 70.3 Å². The largest absolute Gasteiger partial charge is 0.497 e. The molecule has 1 atom stereocenters. The number of rotatable bonds is 9. The van der Waals surface area contributed by atoms with Gasteiger partial charge in [0.05, 0.1) is 30.4 Å². The molecule has 1 saturated heterocycles.